The van der Waals surface area contributed by atoms with Crippen molar-refractivity contribution in [3.63, 3.8) is 0 Å². The summed E-state index contributed by atoms with van der Waals surface area (Å²) in [7, 11) is 1.60. The first kappa shape index (κ1) is 14.7. The smallest absolute Gasteiger partial charge is 0.335 e. The van der Waals surface area contributed by atoms with Crippen LogP contribution in [0.25, 0.3) is 0 Å². The number of rotatable bonds is 4. The molecule has 0 aliphatic heterocycles. The Morgan fingerprint density at radius 2 is 2.00 bits per heavy atom. The van der Waals surface area contributed by atoms with Gasteiger partial charge in [-0.2, -0.15) is 0 Å². The molecule has 4 heteroatoms. The number of anilines is 1. The molecular formula is C16H23NO3. The second-order valence-electron chi connectivity index (χ2n) is 6.30. The zero-order valence-electron chi connectivity index (χ0n) is 12.4. The second kappa shape index (κ2) is 5.73. The molecule has 0 aromatic heterocycles. The molecular weight excluding hydrogens is 254 g/mol. The average Bonchev–Trinajstić information content (AvgIpc) is 2.41. The number of methoxy groups -OCH3 is 1. The average molecular weight is 277 g/mol. The van der Waals surface area contributed by atoms with Gasteiger partial charge in [-0.3, -0.25) is 0 Å². The molecule has 0 amide bonds. The predicted molar refractivity (Wildman–Crippen MR) is 79.6 cm³/mol. The maximum absolute atomic E-state index is 11.1. The van der Waals surface area contributed by atoms with Gasteiger partial charge in [0.1, 0.15) is 5.75 Å². The van der Waals surface area contributed by atoms with E-state index in [4.69, 9.17) is 9.84 Å². The van der Waals surface area contributed by atoms with Gasteiger partial charge in [0, 0.05) is 6.04 Å². The maximum Gasteiger partial charge on any atom is 0.335 e. The fraction of sp³-hybridized carbons (Fsp3) is 0.562. The normalized spacial score (nSPS) is 18.6. The lowest BCUT2D eigenvalue weighted by Gasteiger charge is -2.35. The highest BCUT2D eigenvalue weighted by Gasteiger charge is 2.27. The Hall–Kier alpha value is -1.71. The molecule has 0 bridgehead atoms. The van der Waals surface area contributed by atoms with Gasteiger partial charge in [0.05, 0.1) is 18.4 Å². The SMILES string of the molecule is COc1ccc(C(=O)O)cc1NC1CCC(C)(C)CC1. The number of carboxylic acid groups (broad SMARTS) is 1. The molecule has 110 valence electrons. The van der Waals surface area contributed by atoms with Crippen molar-refractivity contribution in [2.45, 2.75) is 45.6 Å². The van der Waals surface area contributed by atoms with Gasteiger partial charge in [0.2, 0.25) is 0 Å². The van der Waals surface area contributed by atoms with E-state index < -0.39 is 5.97 Å². The number of nitrogens with one attached hydrogen (secondary N) is 1. The highest BCUT2D eigenvalue weighted by Crippen LogP contribution is 2.37. The van der Waals surface area contributed by atoms with Crippen LogP contribution in [0.4, 0.5) is 5.69 Å². The van der Waals surface area contributed by atoms with E-state index in [2.05, 4.69) is 19.2 Å². The van der Waals surface area contributed by atoms with E-state index in [0.717, 1.165) is 18.5 Å². The summed E-state index contributed by atoms with van der Waals surface area (Å²) in [5, 5.41) is 12.5. The van der Waals surface area contributed by atoms with Crippen LogP contribution in [0.3, 0.4) is 0 Å². The second-order valence-corrected chi connectivity index (χ2v) is 6.30. The van der Waals surface area contributed by atoms with Crippen LogP contribution in [0.5, 0.6) is 5.75 Å². The summed E-state index contributed by atoms with van der Waals surface area (Å²) in [4.78, 5) is 11.1. The van der Waals surface area contributed by atoms with Crippen LogP contribution in [0.2, 0.25) is 0 Å². The zero-order chi connectivity index (χ0) is 14.8. The molecule has 1 fully saturated rings. The summed E-state index contributed by atoms with van der Waals surface area (Å²) < 4.78 is 5.31. The van der Waals surface area contributed by atoms with E-state index in [1.165, 1.54) is 12.8 Å². The van der Waals surface area contributed by atoms with Crippen molar-refractivity contribution < 1.29 is 14.6 Å². The van der Waals surface area contributed by atoms with Gasteiger partial charge in [-0.15, -0.1) is 0 Å². The molecule has 1 aromatic rings. The van der Waals surface area contributed by atoms with Crippen molar-refractivity contribution in [2.75, 3.05) is 12.4 Å². The Labute approximate surface area is 120 Å². The summed E-state index contributed by atoms with van der Waals surface area (Å²) in [6.45, 7) is 4.60. The molecule has 2 N–H and O–H groups in total. The predicted octanol–water partition coefficient (Wildman–Crippen LogP) is 3.77. The summed E-state index contributed by atoms with van der Waals surface area (Å²) >= 11 is 0. The molecule has 1 aromatic carbocycles. The Morgan fingerprint density at radius 3 is 2.55 bits per heavy atom. The minimum absolute atomic E-state index is 0.282. The van der Waals surface area contributed by atoms with Crippen molar-refractivity contribution >= 4 is 11.7 Å². The van der Waals surface area contributed by atoms with Gasteiger partial charge in [-0.25, -0.2) is 4.79 Å². The minimum atomic E-state index is -0.916. The lowest BCUT2D eigenvalue weighted by molar-refractivity contribution is 0.0697. The quantitative estimate of drug-likeness (QED) is 0.879. The van der Waals surface area contributed by atoms with E-state index in [9.17, 15) is 4.79 Å². The number of carbonyl (C=O) groups is 1. The molecule has 1 saturated carbocycles. The molecule has 0 unspecified atom stereocenters. The van der Waals surface area contributed by atoms with Crippen LogP contribution in [0.1, 0.15) is 49.9 Å². The fourth-order valence-corrected chi connectivity index (χ4v) is 2.72. The monoisotopic (exact) mass is 277 g/mol. The summed E-state index contributed by atoms with van der Waals surface area (Å²) in [6.07, 6.45) is 4.58. The lowest BCUT2D eigenvalue weighted by atomic mass is 9.75. The third kappa shape index (κ3) is 3.44. The molecule has 2 rings (SSSR count). The van der Waals surface area contributed by atoms with Crippen LogP contribution in [-0.2, 0) is 0 Å². The standard InChI is InChI=1S/C16H23NO3/c1-16(2)8-6-12(7-9-16)17-13-10-11(15(18)19)4-5-14(13)20-3/h4-5,10,12,17H,6-9H2,1-3H3,(H,18,19). The maximum atomic E-state index is 11.1. The Bertz CT molecular complexity index is 486. The first-order chi connectivity index (χ1) is 9.41. The van der Waals surface area contributed by atoms with Crippen LogP contribution in [0.15, 0.2) is 18.2 Å². The van der Waals surface area contributed by atoms with Crippen LogP contribution in [0, 0.1) is 5.41 Å². The van der Waals surface area contributed by atoms with Gasteiger partial charge < -0.3 is 15.2 Å². The van der Waals surface area contributed by atoms with Gasteiger partial charge in [0.15, 0.2) is 0 Å². The van der Waals surface area contributed by atoms with Gasteiger partial charge in [-0.1, -0.05) is 13.8 Å². The molecule has 20 heavy (non-hydrogen) atoms. The lowest BCUT2D eigenvalue weighted by Crippen LogP contribution is -2.30. The highest BCUT2D eigenvalue weighted by atomic mass is 16.5. The Kier molecular flexibility index (Phi) is 4.21. The minimum Gasteiger partial charge on any atom is -0.495 e. The first-order valence-electron chi connectivity index (χ1n) is 7.09. The molecule has 0 saturated heterocycles. The molecule has 4 nitrogen and oxygen atoms in total. The van der Waals surface area contributed by atoms with Gasteiger partial charge in [-0.05, 0) is 49.3 Å². The summed E-state index contributed by atoms with van der Waals surface area (Å²) in [6, 6.07) is 5.32. The van der Waals surface area contributed by atoms with Gasteiger partial charge >= 0.3 is 5.97 Å². The van der Waals surface area contributed by atoms with Crippen molar-refractivity contribution in [1.29, 1.82) is 0 Å². The molecule has 1 aliphatic carbocycles. The highest BCUT2D eigenvalue weighted by molar-refractivity contribution is 5.89. The van der Waals surface area contributed by atoms with Crippen molar-refractivity contribution in [3.8, 4) is 5.75 Å². The van der Waals surface area contributed by atoms with Crippen molar-refractivity contribution in [2.24, 2.45) is 5.41 Å². The van der Waals surface area contributed by atoms with E-state index in [0.29, 0.717) is 17.2 Å². The van der Waals surface area contributed by atoms with E-state index >= 15 is 0 Å². The topological polar surface area (TPSA) is 58.6 Å². The Morgan fingerprint density at radius 1 is 1.35 bits per heavy atom. The van der Waals surface area contributed by atoms with Crippen molar-refractivity contribution in [3.05, 3.63) is 23.8 Å². The van der Waals surface area contributed by atoms with Crippen molar-refractivity contribution in [1.82, 2.24) is 0 Å². The fourth-order valence-electron chi connectivity index (χ4n) is 2.72. The molecule has 0 atom stereocenters. The largest absolute Gasteiger partial charge is 0.495 e. The number of ether oxygens (including phenoxy) is 1. The number of benzene rings is 1. The van der Waals surface area contributed by atoms with E-state index in [1.54, 1.807) is 25.3 Å². The Balaban J connectivity index is 2.12. The van der Waals surface area contributed by atoms with Crippen LogP contribution >= 0.6 is 0 Å². The van der Waals surface area contributed by atoms with Crippen LogP contribution in [-0.4, -0.2) is 24.2 Å². The summed E-state index contributed by atoms with van der Waals surface area (Å²) in [5.74, 6) is -0.222. The summed E-state index contributed by atoms with van der Waals surface area (Å²) in [5.41, 5.74) is 1.48. The third-order valence-electron chi connectivity index (χ3n) is 4.15. The molecule has 0 radical (unpaired) electrons. The zero-order valence-corrected chi connectivity index (χ0v) is 12.4. The number of hydrogen-bond acceptors (Lipinski definition) is 3. The molecule has 0 heterocycles. The number of carboxylic acids is 1. The first-order valence-corrected chi connectivity index (χ1v) is 7.09. The number of hydrogen-bond donors (Lipinski definition) is 2. The van der Waals surface area contributed by atoms with Crippen LogP contribution < -0.4 is 10.1 Å². The number of aromatic carboxylic acids is 1. The third-order valence-corrected chi connectivity index (χ3v) is 4.15. The van der Waals surface area contributed by atoms with E-state index in [-0.39, 0.29) is 5.56 Å². The van der Waals surface area contributed by atoms with E-state index in [1.807, 2.05) is 0 Å². The molecule has 0 spiro atoms. The molecule has 1 aliphatic rings. The van der Waals surface area contributed by atoms with Gasteiger partial charge in [0.25, 0.3) is 0 Å².